The Morgan fingerprint density at radius 1 is 1.39 bits per heavy atom. The van der Waals surface area contributed by atoms with Gasteiger partial charge in [-0.1, -0.05) is 13.0 Å². The van der Waals surface area contributed by atoms with Gasteiger partial charge in [0.05, 0.1) is 0 Å². The van der Waals surface area contributed by atoms with Crippen LogP contribution in [-0.4, -0.2) is 88.5 Å². The molecule has 0 bridgehead atoms. The van der Waals surface area contributed by atoms with Crippen molar-refractivity contribution in [3.05, 3.63) is 23.3 Å². The number of carbonyl (C=O) groups excluding carboxylic acids is 1. The molecule has 0 unspecified atom stereocenters. The SMILES string of the molecule is C[C@@H](CB(O)O)c1ccc(OC2CN(C[C@](C)(N)C(=O)NCCN)C2)c(C(=O)O)c1O. The van der Waals surface area contributed by atoms with Crippen LogP contribution >= 0.6 is 0 Å². The summed E-state index contributed by atoms with van der Waals surface area (Å²) in [7, 11) is -1.58. The zero-order valence-electron chi connectivity index (χ0n) is 17.7. The molecule has 172 valence electrons. The van der Waals surface area contributed by atoms with Crippen LogP contribution in [0.1, 0.15) is 35.7 Å². The van der Waals surface area contributed by atoms with Crippen LogP contribution in [0, 0.1) is 0 Å². The van der Waals surface area contributed by atoms with Crippen LogP contribution in [0.4, 0.5) is 0 Å². The molecular weight excluding hydrogens is 407 g/mol. The summed E-state index contributed by atoms with van der Waals surface area (Å²) in [5, 5.41) is 40.9. The molecule has 2 atom stereocenters. The first-order chi connectivity index (χ1) is 14.5. The second kappa shape index (κ2) is 10.3. The van der Waals surface area contributed by atoms with Crippen molar-refractivity contribution < 1.29 is 34.6 Å². The minimum atomic E-state index is -1.58. The van der Waals surface area contributed by atoms with E-state index in [2.05, 4.69) is 5.32 Å². The molecule has 0 aliphatic carbocycles. The Balaban J connectivity index is 2.02. The van der Waals surface area contributed by atoms with Gasteiger partial charge in [0, 0.05) is 32.7 Å². The molecule has 0 saturated carbocycles. The molecule has 0 radical (unpaired) electrons. The van der Waals surface area contributed by atoms with Crippen LogP contribution in [0.15, 0.2) is 12.1 Å². The average molecular weight is 438 g/mol. The van der Waals surface area contributed by atoms with Gasteiger partial charge in [0.2, 0.25) is 5.91 Å². The maximum atomic E-state index is 12.1. The first kappa shape index (κ1) is 24.9. The number of carbonyl (C=O) groups is 2. The zero-order valence-corrected chi connectivity index (χ0v) is 17.7. The van der Waals surface area contributed by atoms with Crippen molar-refractivity contribution in [3.8, 4) is 11.5 Å². The van der Waals surface area contributed by atoms with E-state index in [4.69, 9.17) is 26.3 Å². The van der Waals surface area contributed by atoms with E-state index in [9.17, 15) is 19.8 Å². The highest BCUT2D eigenvalue weighted by atomic mass is 16.5. The summed E-state index contributed by atoms with van der Waals surface area (Å²) in [5.74, 6) is -2.57. The smallest absolute Gasteiger partial charge is 0.452 e. The predicted octanol–water partition coefficient (Wildman–Crippen LogP) is -1.48. The Bertz CT molecular complexity index is 800. The second-order valence-corrected chi connectivity index (χ2v) is 8.20. The molecule has 1 heterocycles. The van der Waals surface area contributed by atoms with Gasteiger partial charge < -0.3 is 41.8 Å². The van der Waals surface area contributed by atoms with Crippen molar-refractivity contribution in [2.75, 3.05) is 32.7 Å². The summed E-state index contributed by atoms with van der Waals surface area (Å²) in [6, 6.07) is 2.97. The highest BCUT2D eigenvalue weighted by Crippen LogP contribution is 2.37. The molecule has 2 rings (SSSR count). The number of nitrogens with two attached hydrogens (primary N) is 2. The van der Waals surface area contributed by atoms with Gasteiger partial charge in [0.1, 0.15) is 28.7 Å². The lowest BCUT2D eigenvalue weighted by Gasteiger charge is -2.42. The average Bonchev–Trinajstić information content (AvgIpc) is 2.63. The van der Waals surface area contributed by atoms with Gasteiger partial charge in [-0.15, -0.1) is 0 Å². The van der Waals surface area contributed by atoms with E-state index in [0.29, 0.717) is 32.7 Å². The molecule has 1 aromatic rings. The van der Waals surface area contributed by atoms with Gasteiger partial charge in [-0.05, 0) is 30.8 Å². The molecule has 11 nitrogen and oxygen atoms in total. The highest BCUT2D eigenvalue weighted by molar-refractivity contribution is 6.41. The maximum absolute atomic E-state index is 12.1. The van der Waals surface area contributed by atoms with Gasteiger partial charge in [0.25, 0.3) is 0 Å². The number of hydrogen-bond acceptors (Lipinski definition) is 9. The molecule has 1 fully saturated rings. The Morgan fingerprint density at radius 3 is 2.58 bits per heavy atom. The van der Waals surface area contributed by atoms with Crippen LogP contribution in [-0.2, 0) is 4.79 Å². The van der Waals surface area contributed by atoms with Crippen LogP contribution in [0.3, 0.4) is 0 Å². The van der Waals surface area contributed by atoms with E-state index in [1.807, 2.05) is 4.90 Å². The molecule has 31 heavy (non-hydrogen) atoms. The maximum Gasteiger partial charge on any atom is 0.452 e. The van der Waals surface area contributed by atoms with E-state index in [1.54, 1.807) is 13.8 Å². The van der Waals surface area contributed by atoms with Gasteiger partial charge >= 0.3 is 13.1 Å². The van der Waals surface area contributed by atoms with E-state index in [0.717, 1.165) is 0 Å². The number of likely N-dealkylation sites (tertiary alicyclic amines) is 1. The Morgan fingerprint density at radius 2 is 2.03 bits per heavy atom. The standard InChI is InChI=1S/C19H31BN4O7/c1-11(7-20(29)30)13-3-4-14(15(16(13)25)17(26)27)31-12-8-24(9-12)10-19(2,22)18(28)23-6-5-21/h3-4,11-12,25,29-30H,5-10,21-22H2,1-2H3,(H,23,28)(H,26,27)/t11-,19-/m0/s1. The van der Waals surface area contributed by atoms with E-state index in [-0.39, 0.29) is 35.2 Å². The topological polar surface area (TPSA) is 192 Å². The summed E-state index contributed by atoms with van der Waals surface area (Å²) >= 11 is 0. The molecule has 1 aromatic carbocycles. The van der Waals surface area contributed by atoms with Crippen molar-refractivity contribution in [2.45, 2.75) is 37.7 Å². The quantitative estimate of drug-likeness (QED) is 0.201. The van der Waals surface area contributed by atoms with Gasteiger partial charge in [-0.3, -0.25) is 9.69 Å². The third-order valence-corrected chi connectivity index (χ3v) is 5.20. The fourth-order valence-electron chi connectivity index (χ4n) is 3.56. The lowest BCUT2D eigenvalue weighted by Crippen LogP contribution is -2.64. The number of amides is 1. The zero-order chi connectivity index (χ0) is 23.3. The van der Waals surface area contributed by atoms with Gasteiger partial charge in [-0.2, -0.15) is 0 Å². The van der Waals surface area contributed by atoms with Crippen molar-refractivity contribution in [1.82, 2.24) is 10.2 Å². The predicted molar refractivity (Wildman–Crippen MR) is 114 cm³/mol. The van der Waals surface area contributed by atoms with Crippen molar-refractivity contribution in [3.63, 3.8) is 0 Å². The first-order valence-corrected chi connectivity index (χ1v) is 10.1. The second-order valence-electron chi connectivity index (χ2n) is 8.20. The third kappa shape index (κ3) is 6.31. The van der Waals surface area contributed by atoms with Crippen LogP contribution in [0.2, 0.25) is 6.32 Å². The molecule has 1 aliphatic heterocycles. The third-order valence-electron chi connectivity index (χ3n) is 5.20. The highest BCUT2D eigenvalue weighted by Gasteiger charge is 2.37. The Hall–Kier alpha value is -2.38. The van der Waals surface area contributed by atoms with Crippen molar-refractivity contribution in [2.24, 2.45) is 11.5 Å². The lowest BCUT2D eigenvalue weighted by molar-refractivity contribution is -0.127. The van der Waals surface area contributed by atoms with E-state index in [1.165, 1.54) is 12.1 Å². The lowest BCUT2D eigenvalue weighted by atomic mass is 9.76. The summed E-state index contributed by atoms with van der Waals surface area (Å²) in [6.07, 6.45) is -0.385. The number of phenols is 1. The number of rotatable bonds is 11. The van der Waals surface area contributed by atoms with Crippen molar-refractivity contribution in [1.29, 1.82) is 0 Å². The van der Waals surface area contributed by atoms with Crippen LogP contribution in [0.25, 0.3) is 0 Å². The van der Waals surface area contributed by atoms with E-state index >= 15 is 0 Å². The summed E-state index contributed by atoms with van der Waals surface area (Å²) < 4.78 is 5.77. The van der Waals surface area contributed by atoms with Crippen molar-refractivity contribution >= 4 is 19.0 Å². The number of hydrogen-bond donors (Lipinski definition) is 7. The molecule has 12 heteroatoms. The molecule has 9 N–H and O–H groups in total. The molecule has 0 spiro atoms. The number of ether oxygens (including phenoxy) is 1. The first-order valence-electron chi connectivity index (χ1n) is 10.1. The molecule has 1 aliphatic rings. The monoisotopic (exact) mass is 438 g/mol. The van der Waals surface area contributed by atoms with E-state index < -0.39 is 30.3 Å². The van der Waals surface area contributed by atoms with Crippen LogP contribution < -0.4 is 21.5 Å². The number of nitrogens with zero attached hydrogens (tertiary/aromatic N) is 1. The largest absolute Gasteiger partial charge is 0.507 e. The summed E-state index contributed by atoms with van der Waals surface area (Å²) in [6.45, 7) is 5.09. The number of carboxylic acids is 1. The number of carboxylic acid groups (broad SMARTS) is 1. The van der Waals surface area contributed by atoms with Gasteiger partial charge in [0.15, 0.2) is 0 Å². The molecule has 1 saturated heterocycles. The number of nitrogens with one attached hydrogen (secondary N) is 1. The fraction of sp³-hybridized carbons (Fsp3) is 0.579. The minimum Gasteiger partial charge on any atom is -0.507 e. The molecule has 1 amide bonds. The normalized spacial score (nSPS) is 17.4. The Kier molecular flexibility index (Phi) is 8.26. The molecule has 0 aromatic heterocycles. The molecular formula is C19H31BN4O7. The van der Waals surface area contributed by atoms with Gasteiger partial charge in [-0.25, -0.2) is 4.79 Å². The Labute approximate surface area is 181 Å². The fourth-order valence-corrected chi connectivity index (χ4v) is 3.56. The minimum absolute atomic E-state index is 0.0198. The van der Waals surface area contributed by atoms with Crippen LogP contribution in [0.5, 0.6) is 11.5 Å². The number of aromatic carboxylic acids is 1. The summed E-state index contributed by atoms with van der Waals surface area (Å²) in [5.41, 5.74) is 10.3. The summed E-state index contributed by atoms with van der Waals surface area (Å²) in [4.78, 5) is 25.7. The number of benzene rings is 1. The number of aromatic hydroxyl groups is 1.